The first-order chi connectivity index (χ1) is 12.3. The SMILES string of the molecule is OCc1ccc([C@H](c2ccccc2)c2ccc3ccccc3c2)cc1. The summed E-state index contributed by atoms with van der Waals surface area (Å²) in [6, 6.07) is 34.0. The highest BCUT2D eigenvalue weighted by Gasteiger charge is 2.17. The lowest BCUT2D eigenvalue weighted by Crippen LogP contribution is -2.03. The predicted molar refractivity (Wildman–Crippen MR) is 104 cm³/mol. The van der Waals surface area contributed by atoms with Crippen molar-refractivity contribution in [1.29, 1.82) is 0 Å². The third-order valence-corrected chi connectivity index (χ3v) is 4.74. The van der Waals surface area contributed by atoms with E-state index in [4.69, 9.17) is 0 Å². The molecule has 0 amide bonds. The lowest BCUT2D eigenvalue weighted by molar-refractivity contribution is 0.282. The average molecular weight is 324 g/mol. The third kappa shape index (κ3) is 3.19. The molecule has 0 unspecified atom stereocenters. The number of aliphatic hydroxyl groups is 1. The van der Waals surface area contributed by atoms with Crippen molar-refractivity contribution in [2.75, 3.05) is 0 Å². The third-order valence-electron chi connectivity index (χ3n) is 4.74. The van der Waals surface area contributed by atoms with Crippen LogP contribution in [-0.4, -0.2) is 5.11 Å². The van der Waals surface area contributed by atoms with Crippen molar-refractivity contribution in [3.8, 4) is 0 Å². The van der Waals surface area contributed by atoms with Crippen LogP contribution in [0.3, 0.4) is 0 Å². The van der Waals surface area contributed by atoms with Crippen LogP contribution in [-0.2, 0) is 6.61 Å². The molecule has 122 valence electrons. The van der Waals surface area contributed by atoms with Crippen LogP contribution < -0.4 is 0 Å². The average Bonchev–Trinajstić information content (AvgIpc) is 2.69. The molecule has 0 bridgehead atoms. The molecule has 4 rings (SSSR count). The van der Waals surface area contributed by atoms with Crippen LogP contribution in [0.1, 0.15) is 28.2 Å². The van der Waals surface area contributed by atoms with Gasteiger partial charge in [0.05, 0.1) is 6.61 Å². The van der Waals surface area contributed by atoms with Crippen LogP contribution in [0.2, 0.25) is 0 Å². The Morgan fingerprint density at radius 1 is 0.560 bits per heavy atom. The minimum atomic E-state index is 0.0757. The standard InChI is InChI=1S/C24H20O/c25-17-18-10-12-21(13-11-18)24(20-7-2-1-3-8-20)23-15-14-19-6-4-5-9-22(19)16-23/h1-16,24-25H,17H2/t24-/m0/s1. The van der Waals surface area contributed by atoms with Gasteiger partial charge in [-0.2, -0.15) is 0 Å². The molecule has 0 saturated heterocycles. The molecular weight excluding hydrogens is 304 g/mol. The van der Waals surface area contributed by atoms with Gasteiger partial charge in [-0.1, -0.05) is 97.1 Å². The lowest BCUT2D eigenvalue weighted by Gasteiger charge is -2.20. The van der Waals surface area contributed by atoms with Gasteiger partial charge in [0.2, 0.25) is 0 Å². The van der Waals surface area contributed by atoms with Crippen molar-refractivity contribution < 1.29 is 5.11 Å². The van der Waals surface area contributed by atoms with Gasteiger partial charge >= 0.3 is 0 Å². The Balaban J connectivity index is 1.86. The monoisotopic (exact) mass is 324 g/mol. The zero-order valence-electron chi connectivity index (χ0n) is 14.0. The molecule has 0 saturated carbocycles. The molecule has 0 spiro atoms. The topological polar surface area (TPSA) is 20.2 Å². The first kappa shape index (κ1) is 15.6. The van der Waals surface area contributed by atoms with E-state index < -0.39 is 0 Å². The summed E-state index contributed by atoms with van der Waals surface area (Å²) in [6.45, 7) is 0.0757. The second kappa shape index (κ2) is 6.92. The molecule has 1 nitrogen and oxygen atoms in total. The summed E-state index contributed by atoms with van der Waals surface area (Å²) in [5.74, 6) is 0.179. The van der Waals surface area contributed by atoms with Gasteiger partial charge in [0.25, 0.3) is 0 Å². The molecule has 1 heteroatoms. The number of rotatable bonds is 4. The Bertz CT molecular complexity index is 972. The van der Waals surface area contributed by atoms with E-state index in [1.54, 1.807) is 0 Å². The first-order valence-electron chi connectivity index (χ1n) is 8.58. The number of aliphatic hydroxyl groups excluding tert-OH is 1. The molecule has 0 aliphatic rings. The van der Waals surface area contributed by atoms with Gasteiger partial charge in [0.15, 0.2) is 0 Å². The molecule has 0 fully saturated rings. The fourth-order valence-electron chi connectivity index (χ4n) is 3.43. The van der Waals surface area contributed by atoms with Crippen molar-refractivity contribution >= 4 is 10.8 Å². The van der Waals surface area contributed by atoms with Crippen LogP contribution in [0.5, 0.6) is 0 Å². The van der Waals surface area contributed by atoms with Gasteiger partial charge in [-0.05, 0) is 33.0 Å². The summed E-state index contributed by atoms with van der Waals surface area (Å²) in [4.78, 5) is 0. The van der Waals surface area contributed by atoms with E-state index in [0.717, 1.165) is 5.56 Å². The Kier molecular flexibility index (Phi) is 4.32. The number of hydrogen-bond acceptors (Lipinski definition) is 1. The number of fused-ring (bicyclic) bond motifs is 1. The normalized spacial score (nSPS) is 12.2. The maximum absolute atomic E-state index is 9.32. The Morgan fingerprint density at radius 2 is 1.16 bits per heavy atom. The van der Waals surface area contributed by atoms with Crippen molar-refractivity contribution in [1.82, 2.24) is 0 Å². The van der Waals surface area contributed by atoms with Gasteiger partial charge in [0.1, 0.15) is 0 Å². The fourth-order valence-corrected chi connectivity index (χ4v) is 3.43. The summed E-state index contributed by atoms with van der Waals surface area (Å²) in [5, 5.41) is 11.8. The Morgan fingerprint density at radius 3 is 1.88 bits per heavy atom. The molecule has 0 heterocycles. The van der Waals surface area contributed by atoms with Crippen LogP contribution >= 0.6 is 0 Å². The van der Waals surface area contributed by atoms with Crippen molar-refractivity contribution in [3.63, 3.8) is 0 Å². The molecule has 25 heavy (non-hydrogen) atoms. The number of hydrogen-bond donors (Lipinski definition) is 1. The molecule has 4 aromatic carbocycles. The van der Waals surface area contributed by atoms with Crippen LogP contribution in [0.4, 0.5) is 0 Å². The molecule has 1 N–H and O–H groups in total. The maximum Gasteiger partial charge on any atom is 0.0681 e. The van der Waals surface area contributed by atoms with Gasteiger partial charge in [0, 0.05) is 5.92 Å². The molecule has 4 aromatic rings. The van der Waals surface area contributed by atoms with Crippen LogP contribution in [0.15, 0.2) is 97.1 Å². The van der Waals surface area contributed by atoms with E-state index in [-0.39, 0.29) is 12.5 Å². The second-order valence-corrected chi connectivity index (χ2v) is 6.35. The van der Waals surface area contributed by atoms with Gasteiger partial charge in [-0.3, -0.25) is 0 Å². The Labute approximate surface area is 148 Å². The van der Waals surface area contributed by atoms with Crippen molar-refractivity contribution in [2.24, 2.45) is 0 Å². The largest absolute Gasteiger partial charge is 0.392 e. The maximum atomic E-state index is 9.32. The molecule has 1 atom stereocenters. The quantitative estimate of drug-likeness (QED) is 0.491. The molecular formula is C24H20O. The van der Waals surface area contributed by atoms with E-state index in [0.29, 0.717) is 0 Å². The predicted octanol–water partition coefficient (Wildman–Crippen LogP) is 5.51. The molecule has 0 aliphatic carbocycles. The highest BCUT2D eigenvalue weighted by atomic mass is 16.3. The molecule has 0 aromatic heterocycles. The summed E-state index contributed by atoms with van der Waals surface area (Å²) in [7, 11) is 0. The summed E-state index contributed by atoms with van der Waals surface area (Å²) < 4.78 is 0. The van der Waals surface area contributed by atoms with E-state index in [9.17, 15) is 5.11 Å². The number of benzene rings is 4. The molecule has 0 aliphatic heterocycles. The zero-order chi connectivity index (χ0) is 17.1. The van der Waals surface area contributed by atoms with Gasteiger partial charge < -0.3 is 5.11 Å². The minimum absolute atomic E-state index is 0.0757. The van der Waals surface area contributed by atoms with Crippen molar-refractivity contribution in [3.05, 3.63) is 119 Å². The van der Waals surface area contributed by atoms with Crippen molar-refractivity contribution in [2.45, 2.75) is 12.5 Å². The van der Waals surface area contributed by atoms with Gasteiger partial charge in [-0.15, -0.1) is 0 Å². The minimum Gasteiger partial charge on any atom is -0.392 e. The van der Waals surface area contributed by atoms with E-state index in [1.165, 1.54) is 27.5 Å². The zero-order valence-corrected chi connectivity index (χ0v) is 14.0. The Hall–Kier alpha value is -2.90. The van der Waals surface area contributed by atoms with E-state index in [1.807, 2.05) is 12.1 Å². The summed E-state index contributed by atoms with van der Waals surface area (Å²) in [5.41, 5.74) is 4.73. The van der Waals surface area contributed by atoms with E-state index >= 15 is 0 Å². The highest BCUT2D eigenvalue weighted by Crippen LogP contribution is 2.33. The van der Waals surface area contributed by atoms with E-state index in [2.05, 4.69) is 84.9 Å². The second-order valence-electron chi connectivity index (χ2n) is 6.35. The highest BCUT2D eigenvalue weighted by molar-refractivity contribution is 5.83. The summed E-state index contributed by atoms with van der Waals surface area (Å²) >= 11 is 0. The fraction of sp³-hybridized carbons (Fsp3) is 0.0833. The van der Waals surface area contributed by atoms with Crippen LogP contribution in [0.25, 0.3) is 10.8 Å². The van der Waals surface area contributed by atoms with Gasteiger partial charge in [-0.25, -0.2) is 0 Å². The smallest absolute Gasteiger partial charge is 0.0681 e. The van der Waals surface area contributed by atoms with Crippen LogP contribution in [0, 0.1) is 0 Å². The summed E-state index contributed by atoms with van der Waals surface area (Å²) in [6.07, 6.45) is 0. The lowest BCUT2D eigenvalue weighted by atomic mass is 9.84. The molecule has 0 radical (unpaired) electrons. The first-order valence-corrected chi connectivity index (χ1v) is 8.58.